The zero-order chi connectivity index (χ0) is 13.0. The first-order valence-corrected chi connectivity index (χ1v) is 6.90. The Morgan fingerprint density at radius 3 is 3.06 bits per heavy atom. The minimum atomic E-state index is 0.0774. The standard InChI is InChI=1S/C14H24N2O2/c1-2-12(15)14(13-6-4-8-18-13)16-7-3-5-11(9-16)10-17/h4,6,8,11-12,14,17H,2-3,5,7,9-10,15H2,1H3. The Morgan fingerprint density at radius 1 is 1.61 bits per heavy atom. The number of likely N-dealkylation sites (tertiary alicyclic amines) is 1. The van der Waals surface area contributed by atoms with Gasteiger partial charge in [-0.15, -0.1) is 0 Å². The van der Waals surface area contributed by atoms with Crippen LogP contribution in [0.25, 0.3) is 0 Å². The number of nitrogens with zero attached hydrogens (tertiary/aromatic N) is 1. The van der Waals surface area contributed by atoms with Crippen molar-refractivity contribution in [2.75, 3.05) is 19.7 Å². The van der Waals surface area contributed by atoms with E-state index in [1.807, 2.05) is 12.1 Å². The molecule has 3 unspecified atom stereocenters. The molecule has 1 aromatic rings. The van der Waals surface area contributed by atoms with Crippen molar-refractivity contribution in [1.82, 2.24) is 4.90 Å². The molecule has 0 aromatic carbocycles. The molecule has 0 radical (unpaired) electrons. The lowest BCUT2D eigenvalue weighted by Gasteiger charge is -2.39. The number of aliphatic hydroxyl groups is 1. The molecule has 1 aliphatic heterocycles. The van der Waals surface area contributed by atoms with Crippen molar-refractivity contribution < 1.29 is 9.52 Å². The topological polar surface area (TPSA) is 62.6 Å². The fourth-order valence-electron chi connectivity index (χ4n) is 2.84. The van der Waals surface area contributed by atoms with E-state index in [-0.39, 0.29) is 18.7 Å². The van der Waals surface area contributed by atoms with E-state index >= 15 is 0 Å². The molecule has 4 nitrogen and oxygen atoms in total. The molecule has 1 saturated heterocycles. The molecule has 3 atom stereocenters. The Morgan fingerprint density at radius 2 is 2.44 bits per heavy atom. The molecular formula is C14H24N2O2. The van der Waals surface area contributed by atoms with Gasteiger partial charge in [0.2, 0.25) is 0 Å². The third-order valence-corrected chi connectivity index (χ3v) is 3.91. The molecule has 1 aromatic heterocycles. The SMILES string of the molecule is CCC(N)C(c1ccco1)N1CCCC(CO)C1. The fraction of sp³-hybridized carbons (Fsp3) is 0.714. The van der Waals surface area contributed by atoms with E-state index < -0.39 is 0 Å². The van der Waals surface area contributed by atoms with Gasteiger partial charge in [-0.05, 0) is 43.9 Å². The summed E-state index contributed by atoms with van der Waals surface area (Å²) >= 11 is 0. The van der Waals surface area contributed by atoms with E-state index in [2.05, 4.69) is 11.8 Å². The number of hydrogen-bond acceptors (Lipinski definition) is 4. The molecule has 2 rings (SSSR count). The normalized spacial score (nSPS) is 24.9. The first-order valence-electron chi connectivity index (χ1n) is 6.90. The average Bonchev–Trinajstić information content (AvgIpc) is 2.93. The molecule has 0 bridgehead atoms. The van der Waals surface area contributed by atoms with E-state index in [0.29, 0.717) is 5.92 Å². The summed E-state index contributed by atoms with van der Waals surface area (Å²) in [5, 5.41) is 9.34. The minimum absolute atomic E-state index is 0.0774. The van der Waals surface area contributed by atoms with Crippen LogP contribution in [0.5, 0.6) is 0 Å². The Bertz CT molecular complexity index is 340. The maximum Gasteiger partial charge on any atom is 0.122 e. The quantitative estimate of drug-likeness (QED) is 0.838. The highest BCUT2D eigenvalue weighted by Gasteiger charge is 2.31. The Kier molecular flexibility index (Phi) is 4.80. The van der Waals surface area contributed by atoms with Gasteiger partial charge in [-0.1, -0.05) is 6.92 Å². The summed E-state index contributed by atoms with van der Waals surface area (Å²) in [5.41, 5.74) is 6.26. The summed E-state index contributed by atoms with van der Waals surface area (Å²) in [6, 6.07) is 4.13. The molecule has 3 N–H and O–H groups in total. The number of nitrogens with two attached hydrogens (primary N) is 1. The zero-order valence-corrected chi connectivity index (χ0v) is 11.1. The number of aliphatic hydroxyl groups excluding tert-OH is 1. The van der Waals surface area contributed by atoms with E-state index in [4.69, 9.17) is 10.2 Å². The molecule has 0 spiro atoms. The van der Waals surface area contributed by atoms with Gasteiger partial charge in [0.1, 0.15) is 5.76 Å². The highest BCUT2D eigenvalue weighted by atomic mass is 16.3. The van der Waals surface area contributed by atoms with Crippen LogP contribution < -0.4 is 5.73 Å². The molecular weight excluding hydrogens is 228 g/mol. The van der Waals surface area contributed by atoms with Crippen LogP contribution in [-0.2, 0) is 0 Å². The molecule has 2 heterocycles. The number of piperidine rings is 1. The smallest absolute Gasteiger partial charge is 0.122 e. The summed E-state index contributed by atoms with van der Waals surface area (Å²) < 4.78 is 5.56. The van der Waals surface area contributed by atoms with E-state index in [1.165, 1.54) is 0 Å². The van der Waals surface area contributed by atoms with Gasteiger partial charge < -0.3 is 15.3 Å². The highest BCUT2D eigenvalue weighted by molar-refractivity contribution is 5.08. The monoisotopic (exact) mass is 252 g/mol. The Balaban J connectivity index is 2.13. The molecule has 1 aliphatic rings. The van der Waals surface area contributed by atoms with Crippen LogP contribution in [0.4, 0.5) is 0 Å². The molecule has 4 heteroatoms. The van der Waals surface area contributed by atoms with Gasteiger partial charge in [0.05, 0.1) is 12.3 Å². The average molecular weight is 252 g/mol. The lowest BCUT2D eigenvalue weighted by molar-refractivity contribution is 0.0671. The predicted octanol–water partition coefficient (Wildman–Crippen LogP) is 1.76. The first kappa shape index (κ1) is 13.6. The fourth-order valence-corrected chi connectivity index (χ4v) is 2.84. The van der Waals surface area contributed by atoms with Crippen LogP contribution >= 0.6 is 0 Å². The summed E-state index contributed by atoms with van der Waals surface area (Å²) in [4.78, 5) is 2.37. The lowest BCUT2D eigenvalue weighted by atomic mass is 9.94. The second-order valence-electron chi connectivity index (χ2n) is 5.22. The maximum atomic E-state index is 9.34. The summed E-state index contributed by atoms with van der Waals surface area (Å²) in [6.07, 6.45) is 4.86. The van der Waals surface area contributed by atoms with Crippen LogP contribution in [0.2, 0.25) is 0 Å². The minimum Gasteiger partial charge on any atom is -0.468 e. The second kappa shape index (κ2) is 6.36. The lowest BCUT2D eigenvalue weighted by Crippen LogP contribution is -2.46. The summed E-state index contributed by atoms with van der Waals surface area (Å²) in [6.45, 7) is 4.32. The van der Waals surface area contributed by atoms with E-state index in [9.17, 15) is 5.11 Å². The number of furan rings is 1. The van der Waals surface area contributed by atoms with Crippen LogP contribution in [0, 0.1) is 5.92 Å². The summed E-state index contributed by atoms with van der Waals surface area (Å²) in [7, 11) is 0. The first-order chi connectivity index (χ1) is 8.76. The van der Waals surface area contributed by atoms with Gasteiger partial charge in [-0.3, -0.25) is 4.90 Å². The number of hydrogen-bond donors (Lipinski definition) is 2. The highest BCUT2D eigenvalue weighted by Crippen LogP contribution is 2.30. The zero-order valence-electron chi connectivity index (χ0n) is 11.1. The van der Waals surface area contributed by atoms with Gasteiger partial charge in [-0.25, -0.2) is 0 Å². The molecule has 102 valence electrons. The van der Waals surface area contributed by atoms with Crippen molar-refractivity contribution in [3.05, 3.63) is 24.2 Å². The van der Waals surface area contributed by atoms with Gasteiger partial charge in [0.25, 0.3) is 0 Å². The Labute approximate surface area is 109 Å². The second-order valence-corrected chi connectivity index (χ2v) is 5.22. The van der Waals surface area contributed by atoms with Crippen LogP contribution in [-0.4, -0.2) is 35.7 Å². The molecule has 0 saturated carbocycles. The number of rotatable bonds is 5. The molecule has 18 heavy (non-hydrogen) atoms. The van der Waals surface area contributed by atoms with Crippen molar-refractivity contribution in [3.63, 3.8) is 0 Å². The largest absolute Gasteiger partial charge is 0.468 e. The maximum absolute atomic E-state index is 9.34. The van der Waals surface area contributed by atoms with Gasteiger partial charge in [0.15, 0.2) is 0 Å². The van der Waals surface area contributed by atoms with E-state index in [0.717, 1.165) is 38.1 Å². The summed E-state index contributed by atoms with van der Waals surface area (Å²) in [5.74, 6) is 1.32. The molecule has 0 amide bonds. The van der Waals surface area contributed by atoms with Gasteiger partial charge in [-0.2, -0.15) is 0 Å². The third-order valence-electron chi connectivity index (χ3n) is 3.91. The van der Waals surface area contributed by atoms with Gasteiger partial charge in [0, 0.05) is 19.2 Å². The van der Waals surface area contributed by atoms with Crippen molar-refractivity contribution in [2.45, 2.75) is 38.3 Å². The van der Waals surface area contributed by atoms with Crippen LogP contribution in [0.15, 0.2) is 22.8 Å². The van der Waals surface area contributed by atoms with Crippen molar-refractivity contribution in [1.29, 1.82) is 0 Å². The van der Waals surface area contributed by atoms with Gasteiger partial charge >= 0.3 is 0 Å². The van der Waals surface area contributed by atoms with Crippen molar-refractivity contribution in [3.8, 4) is 0 Å². The molecule has 1 fully saturated rings. The predicted molar refractivity (Wildman–Crippen MR) is 71.1 cm³/mol. The Hall–Kier alpha value is -0.840. The van der Waals surface area contributed by atoms with E-state index in [1.54, 1.807) is 6.26 Å². The third kappa shape index (κ3) is 2.94. The van der Waals surface area contributed by atoms with Crippen molar-refractivity contribution in [2.24, 2.45) is 11.7 Å². The molecule has 0 aliphatic carbocycles. The van der Waals surface area contributed by atoms with Crippen LogP contribution in [0.1, 0.15) is 38.0 Å². The van der Waals surface area contributed by atoms with Crippen LogP contribution in [0.3, 0.4) is 0 Å². The van der Waals surface area contributed by atoms with Crippen molar-refractivity contribution >= 4 is 0 Å².